The monoisotopic (exact) mass is 253 g/mol. The molecule has 2 rings (SSSR count). The Kier molecular flexibility index (Phi) is 3.93. The van der Waals surface area contributed by atoms with Gasteiger partial charge in [-0.15, -0.1) is 0 Å². The predicted octanol–water partition coefficient (Wildman–Crippen LogP) is 2.04. The average molecular weight is 253 g/mol. The van der Waals surface area contributed by atoms with Gasteiger partial charge in [-0.2, -0.15) is 0 Å². The van der Waals surface area contributed by atoms with Crippen LogP contribution >= 0.6 is 0 Å². The number of rotatable bonds is 5. The first-order valence-electron chi connectivity index (χ1n) is 7.05. The second-order valence-corrected chi connectivity index (χ2v) is 6.01. The van der Waals surface area contributed by atoms with E-state index in [1.54, 1.807) is 0 Å². The molecule has 4 nitrogen and oxygen atoms in total. The first kappa shape index (κ1) is 13.4. The zero-order chi connectivity index (χ0) is 13.3. The van der Waals surface area contributed by atoms with Crippen LogP contribution in [0.2, 0.25) is 0 Å². The molecule has 0 aliphatic heterocycles. The van der Waals surface area contributed by atoms with Crippen molar-refractivity contribution >= 4 is 11.9 Å². The summed E-state index contributed by atoms with van der Waals surface area (Å²) in [6, 6.07) is -0.127. The van der Waals surface area contributed by atoms with Gasteiger partial charge in [0, 0.05) is 12.5 Å². The van der Waals surface area contributed by atoms with Crippen LogP contribution in [0.4, 0.5) is 0 Å². The van der Waals surface area contributed by atoms with E-state index < -0.39 is 5.97 Å². The van der Waals surface area contributed by atoms with Gasteiger partial charge in [-0.3, -0.25) is 9.59 Å². The lowest BCUT2D eigenvalue weighted by atomic mass is 9.84. The number of aliphatic carboxylic acids is 1. The van der Waals surface area contributed by atoms with E-state index in [1.807, 2.05) is 0 Å². The maximum Gasteiger partial charge on any atom is 0.308 e. The molecule has 2 saturated carbocycles. The van der Waals surface area contributed by atoms with Crippen LogP contribution in [0, 0.1) is 23.7 Å². The molecule has 4 heteroatoms. The summed E-state index contributed by atoms with van der Waals surface area (Å²) < 4.78 is 0. The lowest BCUT2D eigenvalue weighted by Crippen LogP contribution is -2.47. The fourth-order valence-electron chi connectivity index (χ4n) is 3.56. The first-order chi connectivity index (χ1) is 8.52. The first-order valence-corrected chi connectivity index (χ1v) is 7.05. The molecule has 0 aromatic rings. The maximum absolute atomic E-state index is 11.9. The number of carbonyl (C=O) groups excluding carboxylic acids is 1. The van der Waals surface area contributed by atoms with Crippen LogP contribution in [-0.2, 0) is 9.59 Å². The van der Waals surface area contributed by atoms with Crippen molar-refractivity contribution in [2.75, 3.05) is 0 Å². The number of fused-ring (bicyclic) bond motifs is 2. The highest BCUT2D eigenvalue weighted by Crippen LogP contribution is 2.48. The molecule has 0 aromatic heterocycles. The lowest BCUT2D eigenvalue weighted by Gasteiger charge is -2.29. The van der Waals surface area contributed by atoms with Crippen molar-refractivity contribution in [1.29, 1.82) is 0 Å². The summed E-state index contributed by atoms with van der Waals surface area (Å²) in [7, 11) is 0. The number of carbonyl (C=O) groups is 2. The molecule has 2 aliphatic carbocycles. The number of carboxylic acids is 1. The molecular formula is C14H23NO3. The Balaban J connectivity index is 1.95. The minimum absolute atomic E-state index is 0.0214. The van der Waals surface area contributed by atoms with Crippen LogP contribution in [0.15, 0.2) is 0 Å². The highest BCUT2D eigenvalue weighted by atomic mass is 16.4. The third kappa shape index (κ3) is 2.52. The predicted molar refractivity (Wildman–Crippen MR) is 68.0 cm³/mol. The van der Waals surface area contributed by atoms with Crippen molar-refractivity contribution in [3.8, 4) is 0 Å². The lowest BCUT2D eigenvalue weighted by molar-refractivity contribution is -0.144. The molecule has 18 heavy (non-hydrogen) atoms. The minimum Gasteiger partial charge on any atom is -0.481 e. The van der Waals surface area contributed by atoms with Gasteiger partial charge in [0.25, 0.3) is 0 Å². The van der Waals surface area contributed by atoms with Crippen LogP contribution in [0.3, 0.4) is 0 Å². The molecule has 5 atom stereocenters. The Bertz CT molecular complexity index is 342. The fourth-order valence-corrected chi connectivity index (χ4v) is 3.56. The average Bonchev–Trinajstić information content (AvgIpc) is 2.88. The molecular weight excluding hydrogens is 230 g/mol. The van der Waals surface area contributed by atoms with E-state index >= 15 is 0 Å². The van der Waals surface area contributed by atoms with Gasteiger partial charge in [-0.05, 0) is 37.0 Å². The van der Waals surface area contributed by atoms with Crippen molar-refractivity contribution in [2.24, 2.45) is 23.7 Å². The van der Waals surface area contributed by atoms with Gasteiger partial charge in [-0.25, -0.2) is 0 Å². The molecule has 2 N–H and O–H groups in total. The zero-order valence-electron chi connectivity index (χ0n) is 11.2. The molecule has 0 radical (unpaired) electrons. The van der Waals surface area contributed by atoms with Crippen LogP contribution in [0.25, 0.3) is 0 Å². The molecule has 102 valence electrons. The summed E-state index contributed by atoms with van der Waals surface area (Å²) in [5, 5.41) is 12.3. The second kappa shape index (κ2) is 5.29. The summed E-state index contributed by atoms with van der Waals surface area (Å²) in [4.78, 5) is 23.2. The van der Waals surface area contributed by atoms with Crippen molar-refractivity contribution in [3.05, 3.63) is 0 Å². The highest BCUT2D eigenvalue weighted by molar-refractivity contribution is 5.79. The molecule has 0 spiro atoms. The molecule has 2 bridgehead atoms. The largest absolute Gasteiger partial charge is 0.481 e. The zero-order valence-corrected chi connectivity index (χ0v) is 11.2. The van der Waals surface area contributed by atoms with E-state index in [4.69, 9.17) is 0 Å². The number of carboxylic acid groups (broad SMARTS) is 1. The van der Waals surface area contributed by atoms with Crippen LogP contribution in [0.5, 0.6) is 0 Å². The molecule has 1 amide bonds. The van der Waals surface area contributed by atoms with Gasteiger partial charge in [0.2, 0.25) is 5.91 Å². The van der Waals surface area contributed by atoms with Crippen molar-refractivity contribution in [3.63, 3.8) is 0 Å². The Morgan fingerprint density at radius 3 is 2.61 bits per heavy atom. The third-order valence-electron chi connectivity index (χ3n) is 4.76. The van der Waals surface area contributed by atoms with Gasteiger partial charge < -0.3 is 10.4 Å². The van der Waals surface area contributed by atoms with Gasteiger partial charge >= 0.3 is 5.97 Å². The molecule has 5 unspecified atom stereocenters. The van der Waals surface area contributed by atoms with Crippen LogP contribution in [-0.4, -0.2) is 23.0 Å². The van der Waals surface area contributed by atoms with Gasteiger partial charge in [0.05, 0.1) is 5.92 Å². The summed E-state index contributed by atoms with van der Waals surface area (Å²) in [6.07, 6.45) is 4.55. The Morgan fingerprint density at radius 2 is 2.00 bits per heavy atom. The summed E-state index contributed by atoms with van der Waals surface area (Å²) in [5.41, 5.74) is 0. The number of nitrogens with one attached hydrogen (secondary N) is 1. The Hall–Kier alpha value is -1.06. The van der Waals surface area contributed by atoms with E-state index in [9.17, 15) is 14.7 Å². The van der Waals surface area contributed by atoms with E-state index in [2.05, 4.69) is 19.2 Å². The summed E-state index contributed by atoms with van der Waals surface area (Å²) in [6.45, 7) is 4.12. The Labute approximate surface area is 108 Å². The topological polar surface area (TPSA) is 66.4 Å². The molecule has 2 fully saturated rings. The van der Waals surface area contributed by atoms with Crippen molar-refractivity contribution in [2.45, 2.75) is 52.0 Å². The summed E-state index contributed by atoms with van der Waals surface area (Å²) >= 11 is 0. The van der Waals surface area contributed by atoms with Gasteiger partial charge in [0.15, 0.2) is 0 Å². The van der Waals surface area contributed by atoms with Gasteiger partial charge in [-0.1, -0.05) is 20.3 Å². The smallest absolute Gasteiger partial charge is 0.308 e. The summed E-state index contributed by atoms with van der Waals surface area (Å²) in [5.74, 6) is -0.0425. The van der Waals surface area contributed by atoms with E-state index in [0.29, 0.717) is 18.3 Å². The van der Waals surface area contributed by atoms with E-state index in [-0.39, 0.29) is 23.8 Å². The maximum atomic E-state index is 11.9. The highest BCUT2D eigenvalue weighted by Gasteiger charge is 2.51. The van der Waals surface area contributed by atoms with Crippen LogP contribution in [0.1, 0.15) is 46.0 Å². The fraction of sp³-hybridized carbons (Fsp3) is 0.857. The second-order valence-electron chi connectivity index (χ2n) is 6.01. The quantitative estimate of drug-likeness (QED) is 0.788. The van der Waals surface area contributed by atoms with Crippen molar-refractivity contribution < 1.29 is 14.7 Å². The molecule has 2 aliphatic rings. The SMILES string of the molecule is CCC(C)CC(=O)NC1C2CCC(C2)C1C(=O)O. The Morgan fingerprint density at radius 1 is 1.33 bits per heavy atom. The van der Waals surface area contributed by atoms with Crippen LogP contribution < -0.4 is 5.32 Å². The third-order valence-corrected chi connectivity index (χ3v) is 4.76. The minimum atomic E-state index is -0.740. The number of hydrogen-bond donors (Lipinski definition) is 2. The normalized spacial score (nSPS) is 35.4. The molecule has 0 saturated heterocycles. The van der Waals surface area contributed by atoms with E-state index in [0.717, 1.165) is 25.7 Å². The number of amides is 1. The van der Waals surface area contributed by atoms with Crippen molar-refractivity contribution in [1.82, 2.24) is 5.32 Å². The number of hydrogen-bond acceptors (Lipinski definition) is 2. The molecule has 0 aromatic carbocycles. The van der Waals surface area contributed by atoms with E-state index in [1.165, 1.54) is 0 Å². The standard InChI is InChI=1S/C14H23NO3/c1-3-8(2)6-11(16)15-13-10-5-4-9(7-10)12(13)14(17)18/h8-10,12-13H,3-7H2,1-2H3,(H,15,16)(H,17,18). The molecule has 0 heterocycles. The van der Waals surface area contributed by atoms with Gasteiger partial charge in [0.1, 0.15) is 0 Å².